The van der Waals surface area contributed by atoms with E-state index in [9.17, 15) is 24.8 Å². The molecule has 0 saturated heterocycles. The average molecular weight is 377 g/mol. The van der Waals surface area contributed by atoms with Crippen molar-refractivity contribution in [2.24, 2.45) is 0 Å². The number of carbonyl (C=O) groups is 2. The van der Waals surface area contributed by atoms with Crippen LogP contribution in [0.2, 0.25) is 5.02 Å². The molecule has 26 heavy (non-hydrogen) atoms. The second-order valence-electron chi connectivity index (χ2n) is 5.54. The predicted octanol–water partition coefficient (Wildman–Crippen LogP) is 4.08. The summed E-state index contributed by atoms with van der Waals surface area (Å²) in [4.78, 5) is 34.2. The molecule has 0 atom stereocenters. The number of anilines is 1. The van der Waals surface area contributed by atoms with Gasteiger partial charge in [0.25, 0.3) is 5.69 Å². The number of nitro benzene ring substituents is 1. The summed E-state index contributed by atoms with van der Waals surface area (Å²) in [5.74, 6) is -1.67. The van der Waals surface area contributed by atoms with Crippen LogP contribution in [-0.4, -0.2) is 21.9 Å². The first-order chi connectivity index (χ1) is 12.3. The second kappa shape index (κ2) is 8.44. The molecule has 2 aromatic carbocycles. The van der Waals surface area contributed by atoms with Gasteiger partial charge in [0, 0.05) is 17.0 Å². The number of amides is 1. The zero-order valence-corrected chi connectivity index (χ0v) is 14.7. The third-order valence-corrected chi connectivity index (χ3v) is 4.27. The molecule has 2 rings (SSSR count). The Balaban J connectivity index is 2.23. The molecule has 7 nitrogen and oxygen atoms in total. The van der Waals surface area contributed by atoms with Crippen molar-refractivity contribution >= 4 is 34.9 Å². The van der Waals surface area contributed by atoms with Gasteiger partial charge in [-0.05, 0) is 36.6 Å². The van der Waals surface area contributed by atoms with E-state index in [4.69, 9.17) is 11.6 Å². The van der Waals surface area contributed by atoms with Gasteiger partial charge >= 0.3 is 5.97 Å². The van der Waals surface area contributed by atoms with Gasteiger partial charge in [-0.2, -0.15) is 0 Å². The van der Waals surface area contributed by atoms with Crippen LogP contribution < -0.4 is 5.32 Å². The largest absolute Gasteiger partial charge is 0.478 e. The molecule has 0 heterocycles. The van der Waals surface area contributed by atoms with Crippen molar-refractivity contribution in [2.75, 3.05) is 5.32 Å². The highest BCUT2D eigenvalue weighted by Crippen LogP contribution is 2.32. The fraction of sp³-hybridized carbons (Fsp3) is 0.222. The maximum absolute atomic E-state index is 12.2. The first-order valence-corrected chi connectivity index (χ1v) is 8.29. The highest BCUT2D eigenvalue weighted by atomic mass is 35.5. The predicted molar refractivity (Wildman–Crippen MR) is 97.8 cm³/mol. The van der Waals surface area contributed by atoms with Gasteiger partial charge in [0.15, 0.2) is 0 Å². The Kier molecular flexibility index (Phi) is 6.30. The van der Waals surface area contributed by atoms with Gasteiger partial charge in [-0.3, -0.25) is 14.9 Å². The number of benzene rings is 2. The first kappa shape index (κ1) is 19.4. The van der Waals surface area contributed by atoms with Crippen molar-refractivity contribution in [2.45, 2.75) is 26.2 Å². The summed E-state index contributed by atoms with van der Waals surface area (Å²) >= 11 is 6.04. The molecule has 1 amide bonds. The molecule has 0 radical (unpaired) electrons. The van der Waals surface area contributed by atoms with Crippen LogP contribution >= 0.6 is 11.6 Å². The number of nitrogens with zero attached hydrogens (tertiary/aromatic N) is 1. The summed E-state index contributed by atoms with van der Waals surface area (Å²) in [6.45, 7) is 1.62. The van der Waals surface area contributed by atoms with Crippen molar-refractivity contribution in [3.05, 3.63) is 68.2 Å². The van der Waals surface area contributed by atoms with Gasteiger partial charge < -0.3 is 10.4 Å². The highest BCUT2D eigenvalue weighted by molar-refractivity contribution is 6.31. The highest BCUT2D eigenvalue weighted by Gasteiger charge is 2.25. The van der Waals surface area contributed by atoms with E-state index in [2.05, 4.69) is 5.32 Å². The van der Waals surface area contributed by atoms with Crippen molar-refractivity contribution in [3.8, 4) is 0 Å². The fourth-order valence-corrected chi connectivity index (χ4v) is 2.90. The summed E-state index contributed by atoms with van der Waals surface area (Å²) in [6.07, 6.45) is 0.622. The van der Waals surface area contributed by atoms with Crippen molar-refractivity contribution in [3.63, 3.8) is 0 Å². The summed E-state index contributed by atoms with van der Waals surface area (Å²) in [7, 11) is 0. The lowest BCUT2D eigenvalue weighted by molar-refractivity contribution is -0.384. The monoisotopic (exact) mass is 376 g/mol. The lowest BCUT2D eigenvalue weighted by Crippen LogP contribution is -2.15. The minimum Gasteiger partial charge on any atom is -0.478 e. The number of aryl methyl sites for hydroxylation is 1. The van der Waals surface area contributed by atoms with E-state index < -0.39 is 22.5 Å². The molecule has 2 aromatic rings. The van der Waals surface area contributed by atoms with E-state index in [0.29, 0.717) is 11.4 Å². The van der Waals surface area contributed by atoms with Crippen LogP contribution in [0.5, 0.6) is 0 Å². The number of hydrogen-bond donors (Lipinski definition) is 2. The number of nitrogens with one attached hydrogen (secondary N) is 1. The number of rotatable bonds is 7. The maximum atomic E-state index is 12.2. The zero-order chi connectivity index (χ0) is 19.3. The number of halogens is 1. The Morgan fingerprint density at radius 1 is 1.23 bits per heavy atom. The smallest absolute Gasteiger partial charge is 0.336 e. The van der Waals surface area contributed by atoms with Crippen LogP contribution in [0.15, 0.2) is 36.4 Å². The van der Waals surface area contributed by atoms with Crippen LogP contribution in [0, 0.1) is 10.1 Å². The van der Waals surface area contributed by atoms with E-state index >= 15 is 0 Å². The number of hydrogen-bond acceptors (Lipinski definition) is 4. The van der Waals surface area contributed by atoms with Gasteiger partial charge in [0.1, 0.15) is 5.69 Å². The Labute approximate surface area is 154 Å². The van der Waals surface area contributed by atoms with Crippen molar-refractivity contribution in [1.82, 2.24) is 0 Å². The van der Waals surface area contributed by atoms with E-state index in [0.717, 1.165) is 5.56 Å². The molecule has 0 spiro atoms. The molecule has 0 fully saturated rings. The summed E-state index contributed by atoms with van der Waals surface area (Å²) < 4.78 is 0. The van der Waals surface area contributed by atoms with E-state index in [-0.39, 0.29) is 29.7 Å². The first-order valence-electron chi connectivity index (χ1n) is 7.92. The Morgan fingerprint density at radius 3 is 2.50 bits per heavy atom. The second-order valence-corrected chi connectivity index (χ2v) is 5.95. The molecular weight excluding hydrogens is 360 g/mol. The summed E-state index contributed by atoms with van der Waals surface area (Å²) in [5.41, 5.74) is 0.327. The zero-order valence-electron chi connectivity index (χ0n) is 14.0. The Bertz CT molecular complexity index is 867. The fourth-order valence-electron chi connectivity index (χ4n) is 2.67. The molecule has 0 saturated carbocycles. The van der Waals surface area contributed by atoms with E-state index in [1.165, 1.54) is 12.1 Å². The quantitative estimate of drug-likeness (QED) is 0.558. The third kappa shape index (κ3) is 4.37. The Morgan fingerprint density at radius 2 is 1.92 bits per heavy atom. The van der Waals surface area contributed by atoms with Gasteiger partial charge in [-0.15, -0.1) is 0 Å². The average Bonchev–Trinajstić information content (AvgIpc) is 2.60. The van der Waals surface area contributed by atoms with E-state index in [1.807, 2.05) is 6.07 Å². The molecule has 0 aliphatic rings. The van der Waals surface area contributed by atoms with Crippen molar-refractivity contribution < 1.29 is 19.6 Å². The molecule has 8 heteroatoms. The minimum absolute atomic E-state index is 0.0130. The molecule has 0 bridgehead atoms. The number of carboxylic acid groups (broad SMARTS) is 1. The molecule has 0 aliphatic carbocycles. The molecule has 0 unspecified atom stereocenters. The van der Waals surface area contributed by atoms with E-state index in [1.54, 1.807) is 25.1 Å². The lowest BCUT2D eigenvalue weighted by Gasteiger charge is -2.11. The van der Waals surface area contributed by atoms with Gasteiger partial charge in [-0.25, -0.2) is 4.79 Å². The van der Waals surface area contributed by atoms with Crippen LogP contribution in [0.1, 0.15) is 34.8 Å². The van der Waals surface area contributed by atoms with Gasteiger partial charge in [-0.1, -0.05) is 36.7 Å². The number of carbonyl (C=O) groups excluding carboxylic acids is 1. The Hall–Kier alpha value is -2.93. The topological polar surface area (TPSA) is 110 Å². The maximum Gasteiger partial charge on any atom is 0.336 e. The van der Waals surface area contributed by atoms with Crippen LogP contribution in [0.4, 0.5) is 11.4 Å². The number of nitro groups is 1. The molecule has 2 N–H and O–H groups in total. The van der Waals surface area contributed by atoms with Crippen LogP contribution in [0.3, 0.4) is 0 Å². The lowest BCUT2D eigenvalue weighted by atomic mass is 10.0. The summed E-state index contributed by atoms with van der Waals surface area (Å²) in [5, 5.41) is 23.7. The molecule has 136 valence electrons. The standard InChI is InChI=1S/C18H17ClN2O5/c1-2-12-13(18(23)24)8-9-15(17(12)21(25)26)20-16(22)10-7-11-5-3-4-6-14(11)19/h3-6,8-9H,2,7,10H2,1H3,(H,20,22)(H,23,24). The van der Waals surface area contributed by atoms with Gasteiger partial charge in [0.2, 0.25) is 5.91 Å². The van der Waals surface area contributed by atoms with Crippen molar-refractivity contribution in [1.29, 1.82) is 0 Å². The van der Waals surface area contributed by atoms with Crippen LogP contribution in [-0.2, 0) is 17.6 Å². The molecule has 0 aromatic heterocycles. The minimum atomic E-state index is -1.25. The normalized spacial score (nSPS) is 10.4. The van der Waals surface area contributed by atoms with Gasteiger partial charge in [0.05, 0.1) is 10.5 Å². The molecular formula is C18H17ClN2O5. The number of aromatic carboxylic acids is 1. The SMILES string of the molecule is CCc1c(C(=O)O)ccc(NC(=O)CCc2ccccc2Cl)c1[N+](=O)[O-]. The van der Waals surface area contributed by atoms with Crippen LogP contribution in [0.25, 0.3) is 0 Å². The summed E-state index contributed by atoms with van der Waals surface area (Å²) in [6, 6.07) is 9.62. The molecule has 0 aliphatic heterocycles. The third-order valence-electron chi connectivity index (χ3n) is 3.90. The number of carboxylic acids is 1.